The van der Waals surface area contributed by atoms with E-state index in [-0.39, 0.29) is 17.9 Å². The molecule has 1 saturated carbocycles. The van der Waals surface area contributed by atoms with Crippen LogP contribution in [0.5, 0.6) is 11.5 Å². The summed E-state index contributed by atoms with van der Waals surface area (Å²) < 4.78 is 11.2. The number of carbonyl (C=O) groups excluding carboxylic acids is 2. The molecule has 1 N–H and O–H groups in total. The Hall–Kier alpha value is -2.73. The molecule has 1 atom stereocenters. The Balaban J connectivity index is 1.44. The molecular weight excluding hydrogens is 452 g/mol. The van der Waals surface area contributed by atoms with E-state index in [1.54, 1.807) is 11.0 Å². The smallest absolute Gasteiger partial charge is 0.242 e. The number of hydrogen-bond donors (Lipinski definition) is 1. The van der Waals surface area contributed by atoms with E-state index in [2.05, 4.69) is 5.32 Å². The first kappa shape index (κ1) is 24.4. The molecule has 2 amide bonds. The predicted octanol–water partition coefficient (Wildman–Crippen LogP) is 4.91. The summed E-state index contributed by atoms with van der Waals surface area (Å²) in [7, 11) is 0. The third-order valence-electron chi connectivity index (χ3n) is 6.59. The molecule has 0 saturated heterocycles. The van der Waals surface area contributed by atoms with Gasteiger partial charge in [-0.05, 0) is 61.6 Å². The number of nitrogens with one attached hydrogen (secondary N) is 1. The van der Waals surface area contributed by atoms with Gasteiger partial charge < -0.3 is 19.7 Å². The normalized spacial score (nSPS) is 16.5. The number of carbonyl (C=O) groups is 2. The lowest BCUT2D eigenvalue weighted by Gasteiger charge is -2.31. The highest BCUT2D eigenvalue weighted by Crippen LogP contribution is 2.31. The van der Waals surface area contributed by atoms with Crippen LogP contribution in [0.15, 0.2) is 42.5 Å². The van der Waals surface area contributed by atoms with Crippen molar-refractivity contribution in [1.29, 1.82) is 0 Å². The molecule has 0 aromatic heterocycles. The molecule has 1 aliphatic carbocycles. The van der Waals surface area contributed by atoms with Gasteiger partial charge >= 0.3 is 0 Å². The molecule has 4 rings (SSSR count). The summed E-state index contributed by atoms with van der Waals surface area (Å²) in [5.74, 6) is 1.28. The number of aryl methyl sites for hydroxylation is 1. The zero-order chi connectivity index (χ0) is 23.9. The van der Waals surface area contributed by atoms with Gasteiger partial charge in [-0.3, -0.25) is 9.59 Å². The fourth-order valence-electron chi connectivity index (χ4n) is 4.62. The van der Waals surface area contributed by atoms with E-state index in [1.165, 1.54) is 6.42 Å². The van der Waals surface area contributed by atoms with Crippen molar-refractivity contribution in [1.82, 2.24) is 10.2 Å². The Labute approximate surface area is 206 Å². The van der Waals surface area contributed by atoms with Crippen molar-refractivity contribution < 1.29 is 19.1 Å². The highest BCUT2D eigenvalue weighted by molar-refractivity contribution is 6.30. The van der Waals surface area contributed by atoms with E-state index in [0.717, 1.165) is 42.6 Å². The van der Waals surface area contributed by atoms with Crippen molar-refractivity contribution in [3.63, 3.8) is 0 Å². The van der Waals surface area contributed by atoms with Crippen LogP contribution in [0.3, 0.4) is 0 Å². The van der Waals surface area contributed by atoms with Gasteiger partial charge in [0.25, 0.3) is 0 Å². The van der Waals surface area contributed by atoms with E-state index in [1.807, 2.05) is 43.3 Å². The van der Waals surface area contributed by atoms with Crippen LogP contribution in [0, 0.1) is 0 Å². The zero-order valence-corrected chi connectivity index (χ0v) is 20.5. The molecule has 0 unspecified atom stereocenters. The number of hydrogen-bond acceptors (Lipinski definition) is 4. The first-order valence-corrected chi connectivity index (χ1v) is 12.6. The molecule has 182 valence electrons. The number of benzene rings is 2. The quantitative estimate of drug-likeness (QED) is 0.578. The maximum atomic E-state index is 13.4. The first-order chi connectivity index (χ1) is 16.5. The van der Waals surface area contributed by atoms with Crippen LogP contribution < -0.4 is 14.8 Å². The van der Waals surface area contributed by atoms with Crippen molar-refractivity contribution in [3.8, 4) is 11.5 Å². The van der Waals surface area contributed by atoms with Crippen LogP contribution in [-0.4, -0.2) is 42.0 Å². The number of amides is 2. The Morgan fingerprint density at radius 1 is 1.03 bits per heavy atom. The number of halogens is 1. The van der Waals surface area contributed by atoms with Gasteiger partial charge in [0, 0.05) is 24.0 Å². The van der Waals surface area contributed by atoms with E-state index < -0.39 is 6.04 Å². The molecule has 1 fully saturated rings. The molecule has 2 aliphatic rings. The Morgan fingerprint density at radius 3 is 2.56 bits per heavy atom. The van der Waals surface area contributed by atoms with Gasteiger partial charge in [0.05, 0.1) is 0 Å². The maximum absolute atomic E-state index is 13.4. The SMILES string of the molecule is C[C@H](C(=O)NC1CCCCC1)N(Cc1cccc(Cl)c1)C(=O)CCc1ccc2c(c1)OCCO2. The molecule has 34 heavy (non-hydrogen) atoms. The van der Waals surface area contributed by atoms with Crippen molar-refractivity contribution >= 4 is 23.4 Å². The molecule has 0 bridgehead atoms. The molecular formula is C27H33ClN2O4. The van der Waals surface area contributed by atoms with Gasteiger partial charge in [-0.25, -0.2) is 0 Å². The van der Waals surface area contributed by atoms with Crippen LogP contribution in [0.25, 0.3) is 0 Å². The Kier molecular flexibility index (Phi) is 8.33. The molecule has 1 heterocycles. The lowest BCUT2D eigenvalue weighted by Crippen LogP contribution is -2.50. The minimum absolute atomic E-state index is 0.0684. The summed E-state index contributed by atoms with van der Waals surface area (Å²) in [6, 6.07) is 12.8. The summed E-state index contributed by atoms with van der Waals surface area (Å²) >= 11 is 6.17. The van der Waals surface area contributed by atoms with Crippen molar-refractivity contribution in [3.05, 3.63) is 58.6 Å². The second-order valence-electron chi connectivity index (χ2n) is 9.15. The number of ether oxygens (including phenoxy) is 2. The van der Waals surface area contributed by atoms with Gasteiger partial charge in [-0.1, -0.05) is 49.1 Å². The molecule has 0 radical (unpaired) electrons. The van der Waals surface area contributed by atoms with Crippen molar-refractivity contribution in [2.24, 2.45) is 0 Å². The standard InChI is InChI=1S/C27H33ClN2O4/c1-19(27(32)29-23-8-3-2-4-9-23)30(18-21-6-5-7-22(28)16-21)26(31)13-11-20-10-12-24-25(17-20)34-15-14-33-24/h5-7,10,12,16-17,19,23H,2-4,8-9,11,13-15,18H2,1H3,(H,29,32)/t19-/m1/s1. The molecule has 1 aliphatic heterocycles. The second kappa shape index (κ2) is 11.6. The fraction of sp³-hybridized carbons (Fsp3) is 0.481. The van der Waals surface area contributed by atoms with Crippen molar-refractivity contribution in [2.45, 2.75) is 70.5 Å². The van der Waals surface area contributed by atoms with Crippen molar-refractivity contribution in [2.75, 3.05) is 13.2 Å². The fourth-order valence-corrected chi connectivity index (χ4v) is 4.83. The number of fused-ring (bicyclic) bond motifs is 1. The number of rotatable bonds is 8. The molecule has 2 aromatic carbocycles. The molecule has 6 nitrogen and oxygen atoms in total. The van der Waals surface area contributed by atoms with Crippen LogP contribution in [0.1, 0.15) is 56.6 Å². The highest BCUT2D eigenvalue weighted by Gasteiger charge is 2.28. The Morgan fingerprint density at radius 2 is 1.79 bits per heavy atom. The van der Waals surface area contributed by atoms with Gasteiger partial charge in [0.15, 0.2) is 11.5 Å². The van der Waals surface area contributed by atoms with E-state index in [9.17, 15) is 9.59 Å². The lowest BCUT2D eigenvalue weighted by molar-refractivity contribution is -0.141. The summed E-state index contributed by atoms with van der Waals surface area (Å²) in [4.78, 5) is 28.1. The largest absolute Gasteiger partial charge is 0.486 e. The van der Waals surface area contributed by atoms with Gasteiger partial charge in [0.1, 0.15) is 19.3 Å². The van der Waals surface area contributed by atoms with E-state index in [0.29, 0.717) is 43.4 Å². The summed E-state index contributed by atoms with van der Waals surface area (Å²) in [5, 5.41) is 3.78. The molecule has 2 aromatic rings. The van der Waals surface area contributed by atoms with Crippen LogP contribution in [-0.2, 0) is 22.6 Å². The lowest BCUT2D eigenvalue weighted by atomic mass is 9.95. The Bertz CT molecular complexity index is 1010. The van der Waals surface area contributed by atoms with Crippen LogP contribution in [0.4, 0.5) is 0 Å². The monoisotopic (exact) mass is 484 g/mol. The van der Waals surface area contributed by atoms with Gasteiger partial charge in [0.2, 0.25) is 11.8 Å². The maximum Gasteiger partial charge on any atom is 0.242 e. The highest BCUT2D eigenvalue weighted by atomic mass is 35.5. The van der Waals surface area contributed by atoms with Gasteiger partial charge in [-0.2, -0.15) is 0 Å². The summed E-state index contributed by atoms with van der Waals surface area (Å²) in [6.07, 6.45) is 6.36. The van der Waals surface area contributed by atoms with E-state index in [4.69, 9.17) is 21.1 Å². The second-order valence-corrected chi connectivity index (χ2v) is 9.59. The zero-order valence-electron chi connectivity index (χ0n) is 19.7. The van der Waals surface area contributed by atoms with Crippen LogP contribution in [0.2, 0.25) is 5.02 Å². The third-order valence-corrected chi connectivity index (χ3v) is 6.83. The third kappa shape index (κ3) is 6.44. The average Bonchev–Trinajstić information content (AvgIpc) is 2.86. The topological polar surface area (TPSA) is 67.9 Å². The average molecular weight is 485 g/mol. The minimum atomic E-state index is -0.575. The predicted molar refractivity (Wildman–Crippen MR) is 132 cm³/mol. The summed E-state index contributed by atoms with van der Waals surface area (Å²) in [5.41, 5.74) is 1.90. The first-order valence-electron chi connectivity index (χ1n) is 12.2. The van der Waals surface area contributed by atoms with E-state index >= 15 is 0 Å². The van der Waals surface area contributed by atoms with Gasteiger partial charge in [-0.15, -0.1) is 0 Å². The number of nitrogens with zero attached hydrogens (tertiary/aromatic N) is 1. The molecule has 7 heteroatoms. The van der Waals surface area contributed by atoms with Crippen LogP contribution >= 0.6 is 11.6 Å². The molecule has 0 spiro atoms. The minimum Gasteiger partial charge on any atom is -0.486 e. The summed E-state index contributed by atoms with van der Waals surface area (Å²) in [6.45, 7) is 3.21.